The fraction of sp³-hybridized carbons (Fsp3) is 0.333. The van der Waals surface area contributed by atoms with Crippen LogP contribution in [0.4, 0.5) is 4.39 Å². The van der Waals surface area contributed by atoms with Crippen molar-refractivity contribution in [2.75, 3.05) is 13.1 Å². The third-order valence-corrected chi connectivity index (χ3v) is 6.14. The lowest BCUT2D eigenvalue weighted by molar-refractivity contribution is 0.200. The van der Waals surface area contributed by atoms with E-state index >= 15 is 0 Å². The lowest BCUT2D eigenvalue weighted by atomic mass is 10.1. The molecule has 0 atom stereocenters. The maximum absolute atomic E-state index is 12.9. The molecule has 3 rings (SSSR count). The maximum Gasteiger partial charge on any atom is 0.240 e. The van der Waals surface area contributed by atoms with E-state index in [1.165, 1.54) is 17.7 Å². The van der Waals surface area contributed by atoms with E-state index in [0.717, 1.165) is 49.6 Å². The highest BCUT2D eigenvalue weighted by Crippen LogP contribution is 2.18. The average molecular weight is 383 g/mol. The second-order valence-electron chi connectivity index (χ2n) is 6.25. The van der Waals surface area contributed by atoms with E-state index in [0.29, 0.717) is 0 Å². The van der Waals surface area contributed by atoms with E-state index in [-0.39, 0.29) is 10.9 Å². The van der Waals surface area contributed by atoms with E-state index in [1.807, 2.05) is 24.3 Å². The van der Waals surface area contributed by atoms with Gasteiger partial charge in [0.2, 0.25) is 10.0 Å². The fourth-order valence-electron chi connectivity index (χ4n) is 2.96. The van der Waals surface area contributed by atoms with E-state index in [2.05, 4.69) is 9.62 Å². The normalized spacial score (nSPS) is 16.9. The molecule has 0 radical (unpaired) electrons. The molecular formula is C18H20ClFN2O2S. The number of nitrogens with one attached hydrogen (secondary N) is 1. The Balaban J connectivity index is 1.53. The molecule has 0 unspecified atom stereocenters. The van der Waals surface area contributed by atoms with Gasteiger partial charge in [0, 0.05) is 30.7 Å². The lowest BCUT2D eigenvalue weighted by Crippen LogP contribution is -2.44. The van der Waals surface area contributed by atoms with Crippen LogP contribution in [0, 0.1) is 5.82 Å². The zero-order valence-electron chi connectivity index (χ0n) is 13.7. The van der Waals surface area contributed by atoms with Crippen LogP contribution < -0.4 is 4.72 Å². The van der Waals surface area contributed by atoms with E-state index in [9.17, 15) is 12.8 Å². The van der Waals surface area contributed by atoms with Crippen molar-refractivity contribution >= 4 is 21.6 Å². The maximum atomic E-state index is 12.9. The van der Waals surface area contributed by atoms with Crippen molar-refractivity contribution in [3.8, 4) is 0 Å². The van der Waals surface area contributed by atoms with Crippen LogP contribution in [0.25, 0.3) is 0 Å². The van der Waals surface area contributed by atoms with Crippen molar-refractivity contribution in [2.45, 2.75) is 30.3 Å². The predicted octanol–water partition coefficient (Wildman–Crippen LogP) is 3.42. The Morgan fingerprint density at radius 3 is 2.24 bits per heavy atom. The standard InChI is InChI=1S/C18H20ClFN2O2S/c19-15-3-1-14(2-4-15)13-22-11-9-17(10-12-22)21-25(23,24)18-7-5-16(20)6-8-18/h1-8,17,21H,9-13H2. The number of halogens is 2. The van der Waals surface area contributed by atoms with Gasteiger partial charge in [-0.25, -0.2) is 17.5 Å². The van der Waals surface area contributed by atoms with Crippen molar-refractivity contribution in [1.82, 2.24) is 9.62 Å². The highest BCUT2D eigenvalue weighted by Gasteiger charge is 2.24. The molecule has 1 fully saturated rings. The van der Waals surface area contributed by atoms with Gasteiger partial charge >= 0.3 is 0 Å². The van der Waals surface area contributed by atoms with Crippen molar-refractivity contribution in [3.05, 3.63) is 64.9 Å². The predicted molar refractivity (Wildman–Crippen MR) is 96.5 cm³/mol. The first kappa shape index (κ1) is 18.3. The molecule has 0 amide bonds. The van der Waals surface area contributed by atoms with Gasteiger partial charge < -0.3 is 0 Å². The summed E-state index contributed by atoms with van der Waals surface area (Å²) in [7, 11) is -3.61. The molecule has 25 heavy (non-hydrogen) atoms. The number of piperidine rings is 1. The van der Waals surface area contributed by atoms with Crippen LogP contribution in [0.2, 0.25) is 5.02 Å². The Morgan fingerprint density at radius 2 is 1.64 bits per heavy atom. The first-order valence-corrected chi connectivity index (χ1v) is 10.0. The largest absolute Gasteiger partial charge is 0.299 e. The smallest absolute Gasteiger partial charge is 0.240 e. The Morgan fingerprint density at radius 1 is 1.04 bits per heavy atom. The number of likely N-dealkylation sites (tertiary alicyclic amines) is 1. The molecule has 1 aliphatic heterocycles. The number of nitrogens with zero attached hydrogens (tertiary/aromatic N) is 1. The number of benzene rings is 2. The second kappa shape index (κ2) is 7.83. The van der Waals surface area contributed by atoms with Gasteiger partial charge in [-0.15, -0.1) is 0 Å². The minimum absolute atomic E-state index is 0.0949. The lowest BCUT2D eigenvalue weighted by Gasteiger charge is -2.32. The highest BCUT2D eigenvalue weighted by atomic mass is 35.5. The molecule has 4 nitrogen and oxygen atoms in total. The molecule has 2 aromatic carbocycles. The molecule has 0 aromatic heterocycles. The molecule has 0 bridgehead atoms. The summed E-state index contributed by atoms with van der Waals surface area (Å²) >= 11 is 5.89. The van der Waals surface area contributed by atoms with Crippen molar-refractivity contribution in [2.24, 2.45) is 0 Å². The summed E-state index contributed by atoms with van der Waals surface area (Å²) < 4.78 is 40.4. The van der Waals surface area contributed by atoms with Crippen LogP contribution in [-0.4, -0.2) is 32.4 Å². The molecule has 0 saturated carbocycles. The monoisotopic (exact) mass is 382 g/mol. The average Bonchev–Trinajstić information content (AvgIpc) is 2.59. The van der Waals surface area contributed by atoms with Gasteiger partial charge in [0.15, 0.2) is 0 Å². The summed E-state index contributed by atoms with van der Waals surface area (Å²) in [5, 5.41) is 0.720. The van der Waals surface area contributed by atoms with Crippen molar-refractivity contribution in [3.63, 3.8) is 0 Å². The van der Waals surface area contributed by atoms with Gasteiger partial charge in [-0.05, 0) is 54.8 Å². The zero-order valence-corrected chi connectivity index (χ0v) is 15.2. The van der Waals surface area contributed by atoms with Crippen LogP contribution in [0.15, 0.2) is 53.4 Å². The third-order valence-electron chi connectivity index (χ3n) is 4.35. The molecule has 1 heterocycles. The summed E-state index contributed by atoms with van der Waals surface area (Å²) in [6.45, 7) is 2.47. The molecule has 1 saturated heterocycles. The second-order valence-corrected chi connectivity index (χ2v) is 8.40. The van der Waals surface area contributed by atoms with Gasteiger partial charge in [-0.2, -0.15) is 0 Å². The van der Waals surface area contributed by atoms with E-state index < -0.39 is 15.8 Å². The number of sulfonamides is 1. The van der Waals surface area contributed by atoms with Crippen molar-refractivity contribution < 1.29 is 12.8 Å². The number of hydrogen-bond donors (Lipinski definition) is 1. The van der Waals surface area contributed by atoms with Crippen molar-refractivity contribution in [1.29, 1.82) is 0 Å². The summed E-state index contributed by atoms with van der Waals surface area (Å²) in [6.07, 6.45) is 1.49. The quantitative estimate of drug-likeness (QED) is 0.862. The first-order chi connectivity index (χ1) is 11.9. The molecule has 1 aliphatic rings. The Hall–Kier alpha value is -1.47. The molecule has 0 aliphatic carbocycles. The SMILES string of the molecule is O=S(=O)(NC1CCN(Cc2ccc(Cl)cc2)CC1)c1ccc(F)cc1. The first-order valence-electron chi connectivity index (χ1n) is 8.17. The number of rotatable bonds is 5. The number of hydrogen-bond acceptors (Lipinski definition) is 3. The summed E-state index contributed by atoms with van der Waals surface area (Å²) in [4.78, 5) is 2.39. The Kier molecular flexibility index (Phi) is 5.74. The third kappa shape index (κ3) is 5.01. The molecule has 134 valence electrons. The summed E-state index contributed by atoms with van der Waals surface area (Å²) in [5.41, 5.74) is 1.19. The van der Waals surface area contributed by atoms with Gasteiger partial charge in [0.05, 0.1) is 4.90 Å². The van der Waals surface area contributed by atoms with Gasteiger partial charge in [0.1, 0.15) is 5.82 Å². The van der Waals surface area contributed by atoms with Crippen LogP contribution in [0.3, 0.4) is 0 Å². The van der Waals surface area contributed by atoms with Gasteiger partial charge in [0.25, 0.3) is 0 Å². The van der Waals surface area contributed by atoms with Crippen LogP contribution in [0.1, 0.15) is 18.4 Å². The molecule has 2 aromatic rings. The fourth-order valence-corrected chi connectivity index (χ4v) is 4.39. The molecule has 0 spiro atoms. The van der Waals surface area contributed by atoms with Crippen LogP contribution in [-0.2, 0) is 16.6 Å². The minimum Gasteiger partial charge on any atom is -0.299 e. The van der Waals surface area contributed by atoms with E-state index in [4.69, 9.17) is 11.6 Å². The highest BCUT2D eigenvalue weighted by molar-refractivity contribution is 7.89. The van der Waals surface area contributed by atoms with Gasteiger partial charge in [-0.3, -0.25) is 4.90 Å². The Labute approximate surface area is 152 Å². The van der Waals surface area contributed by atoms with Gasteiger partial charge in [-0.1, -0.05) is 23.7 Å². The Bertz CT molecular complexity index is 802. The topological polar surface area (TPSA) is 49.4 Å². The molecule has 7 heteroatoms. The van der Waals surface area contributed by atoms with Crippen LogP contribution >= 0.6 is 11.6 Å². The van der Waals surface area contributed by atoms with E-state index in [1.54, 1.807) is 0 Å². The zero-order chi connectivity index (χ0) is 17.9. The minimum atomic E-state index is -3.61. The van der Waals surface area contributed by atoms with Crippen LogP contribution in [0.5, 0.6) is 0 Å². The molecular weight excluding hydrogens is 363 g/mol. The summed E-state index contributed by atoms with van der Waals surface area (Å²) in [6, 6.07) is 12.5. The summed E-state index contributed by atoms with van der Waals surface area (Å²) in [5.74, 6) is -0.450. The molecule has 1 N–H and O–H groups in total.